The molecule has 0 N–H and O–H groups in total. The van der Waals surface area contributed by atoms with Gasteiger partial charge in [0.2, 0.25) is 0 Å². The van der Waals surface area contributed by atoms with Gasteiger partial charge in [-0.3, -0.25) is 14.8 Å². The highest BCUT2D eigenvalue weighted by atomic mass is 32.2. The van der Waals surface area contributed by atoms with Gasteiger partial charge in [-0.15, -0.1) is 0 Å². The first-order valence-corrected chi connectivity index (χ1v) is 11.1. The van der Waals surface area contributed by atoms with E-state index in [0.29, 0.717) is 13.1 Å². The molecular formula is C20H25N3O3S. The van der Waals surface area contributed by atoms with Crippen LogP contribution in [0.4, 0.5) is 0 Å². The minimum Gasteiger partial charge on any atom is -0.496 e. The second-order valence-corrected chi connectivity index (χ2v) is 9.44. The number of hydrogen-bond acceptors (Lipinski definition) is 6. The van der Waals surface area contributed by atoms with Gasteiger partial charge in [0.1, 0.15) is 5.75 Å². The van der Waals surface area contributed by atoms with E-state index < -0.39 is 9.84 Å². The number of nitrogens with zero attached hydrogens (tertiary/aromatic N) is 3. The molecule has 2 atom stereocenters. The molecule has 144 valence electrons. The Bertz CT molecular complexity index is 888. The number of aromatic nitrogens is 1. The van der Waals surface area contributed by atoms with Crippen molar-refractivity contribution in [1.82, 2.24) is 14.8 Å². The fraction of sp³-hybridized carbons (Fsp3) is 0.450. The van der Waals surface area contributed by atoms with Crippen molar-refractivity contribution in [1.29, 1.82) is 0 Å². The van der Waals surface area contributed by atoms with Gasteiger partial charge in [0.05, 0.1) is 24.3 Å². The van der Waals surface area contributed by atoms with Gasteiger partial charge >= 0.3 is 0 Å². The van der Waals surface area contributed by atoms with Crippen LogP contribution in [-0.4, -0.2) is 67.0 Å². The minimum atomic E-state index is -3.03. The third kappa shape index (κ3) is 4.00. The Kier molecular flexibility index (Phi) is 5.16. The summed E-state index contributed by atoms with van der Waals surface area (Å²) in [4.78, 5) is 9.01. The van der Waals surface area contributed by atoms with Crippen LogP contribution in [0.25, 0.3) is 0 Å². The molecule has 6 nitrogen and oxygen atoms in total. The lowest BCUT2D eigenvalue weighted by molar-refractivity contribution is 0.0344. The van der Waals surface area contributed by atoms with Crippen LogP contribution in [0.3, 0.4) is 0 Å². The molecule has 1 aromatic heterocycles. The minimum absolute atomic E-state index is 0.0115. The summed E-state index contributed by atoms with van der Waals surface area (Å²) in [6, 6.07) is 13.9. The number of piperazine rings is 1. The van der Waals surface area contributed by atoms with E-state index in [0.717, 1.165) is 30.1 Å². The molecule has 0 saturated carbocycles. The molecule has 0 radical (unpaired) electrons. The lowest BCUT2D eigenvalue weighted by Crippen LogP contribution is -2.58. The first-order valence-electron chi connectivity index (χ1n) is 9.26. The summed E-state index contributed by atoms with van der Waals surface area (Å²) in [5.74, 6) is 1.31. The van der Waals surface area contributed by atoms with Gasteiger partial charge in [0, 0.05) is 50.0 Å². The molecule has 3 heterocycles. The zero-order chi connectivity index (χ0) is 18.9. The number of para-hydroxylation sites is 1. The largest absolute Gasteiger partial charge is 0.496 e. The van der Waals surface area contributed by atoms with E-state index in [2.05, 4.69) is 20.9 Å². The predicted octanol–water partition coefficient (Wildman–Crippen LogP) is 1.57. The van der Waals surface area contributed by atoms with Gasteiger partial charge in [-0.05, 0) is 18.2 Å². The molecule has 7 heteroatoms. The van der Waals surface area contributed by atoms with Gasteiger partial charge in [0.25, 0.3) is 0 Å². The maximum Gasteiger partial charge on any atom is 0.153 e. The molecule has 0 spiro atoms. The highest BCUT2D eigenvalue weighted by molar-refractivity contribution is 7.91. The van der Waals surface area contributed by atoms with Crippen LogP contribution in [0.15, 0.2) is 48.7 Å². The first-order chi connectivity index (χ1) is 13.1. The molecule has 0 bridgehead atoms. The molecule has 0 amide bonds. The molecular weight excluding hydrogens is 362 g/mol. The van der Waals surface area contributed by atoms with Crippen LogP contribution < -0.4 is 4.74 Å². The Morgan fingerprint density at radius 3 is 2.33 bits per heavy atom. The normalized spacial score (nSPS) is 25.2. The van der Waals surface area contributed by atoms with Gasteiger partial charge in [0.15, 0.2) is 9.84 Å². The average molecular weight is 388 g/mol. The quantitative estimate of drug-likeness (QED) is 0.776. The van der Waals surface area contributed by atoms with Crippen LogP contribution in [0.5, 0.6) is 5.75 Å². The number of fused-ring (bicyclic) bond motifs is 1. The Morgan fingerprint density at radius 1 is 1.00 bits per heavy atom. The van der Waals surface area contributed by atoms with E-state index >= 15 is 0 Å². The Labute approximate surface area is 160 Å². The number of methoxy groups -OCH3 is 1. The SMILES string of the molecule is COc1ccccc1CN1CCN(Cc2ccccn2)C2CS(=O)(=O)CC21. The third-order valence-electron chi connectivity index (χ3n) is 5.56. The molecule has 2 aliphatic heterocycles. The number of rotatable bonds is 5. The molecule has 2 saturated heterocycles. The van der Waals surface area contributed by atoms with Crippen LogP contribution in [0, 0.1) is 0 Å². The van der Waals surface area contributed by atoms with Gasteiger partial charge in [-0.2, -0.15) is 0 Å². The molecule has 2 unspecified atom stereocenters. The molecule has 2 aliphatic rings. The second-order valence-electron chi connectivity index (χ2n) is 7.29. The highest BCUT2D eigenvalue weighted by Gasteiger charge is 2.46. The fourth-order valence-corrected chi connectivity index (χ4v) is 6.28. The lowest BCUT2D eigenvalue weighted by atomic mass is 10.0. The molecule has 2 aromatic rings. The number of ether oxygens (including phenoxy) is 1. The van der Waals surface area contributed by atoms with E-state index in [9.17, 15) is 8.42 Å². The average Bonchev–Trinajstić information content (AvgIpc) is 3.01. The first kappa shape index (κ1) is 18.4. The van der Waals surface area contributed by atoms with Crippen molar-refractivity contribution in [3.63, 3.8) is 0 Å². The zero-order valence-corrected chi connectivity index (χ0v) is 16.3. The Hall–Kier alpha value is -1.96. The summed E-state index contributed by atoms with van der Waals surface area (Å²) in [7, 11) is -1.36. The number of pyridine rings is 1. The topological polar surface area (TPSA) is 62.7 Å². The Balaban J connectivity index is 1.55. The third-order valence-corrected chi connectivity index (χ3v) is 7.26. The van der Waals surface area contributed by atoms with Crippen molar-refractivity contribution in [2.75, 3.05) is 31.7 Å². The summed E-state index contributed by atoms with van der Waals surface area (Å²) in [5, 5.41) is 0. The molecule has 0 aliphatic carbocycles. The van der Waals surface area contributed by atoms with Gasteiger partial charge in [-0.1, -0.05) is 24.3 Å². The van der Waals surface area contributed by atoms with Gasteiger partial charge < -0.3 is 4.74 Å². The van der Waals surface area contributed by atoms with Gasteiger partial charge in [-0.25, -0.2) is 8.42 Å². The standard InChI is InChI=1S/C20H25N3O3S/c1-26-20-8-3-2-6-16(20)12-22-10-11-23(13-17-7-4-5-9-21-17)19-15-27(24,25)14-18(19)22/h2-9,18-19H,10-15H2,1H3. The van der Waals surface area contributed by atoms with E-state index in [4.69, 9.17) is 4.74 Å². The van der Waals surface area contributed by atoms with Crippen LogP contribution in [0.1, 0.15) is 11.3 Å². The van der Waals surface area contributed by atoms with Crippen LogP contribution >= 0.6 is 0 Å². The van der Waals surface area contributed by atoms with E-state index in [1.165, 1.54) is 0 Å². The molecule has 1 aromatic carbocycles. The zero-order valence-electron chi connectivity index (χ0n) is 15.5. The number of hydrogen-bond donors (Lipinski definition) is 0. The van der Waals surface area contributed by atoms with Crippen molar-refractivity contribution >= 4 is 9.84 Å². The lowest BCUT2D eigenvalue weighted by Gasteiger charge is -2.44. The van der Waals surface area contributed by atoms with Crippen molar-refractivity contribution < 1.29 is 13.2 Å². The van der Waals surface area contributed by atoms with Crippen LogP contribution in [0.2, 0.25) is 0 Å². The molecule has 27 heavy (non-hydrogen) atoms. The maximum atomic E-state index is 12.4. The fourth-order valence-electron chi connectivity index (χ4n) is 4.24. The summed E-state index contributed by atoms with van der Waals surface area (Å²) in [5.41, 5.74) is 2.08. The highest BCUT2D eigenvalue weighted by Crippen LogP contribution is 2.30. The van der Waals surface area contributed by atoms with Crippen molar-refractivity contribution in [2.24, 2.45) is 0 Å². The van der Waals surface area contributed by atoms with Crippen molar-refractivity contribution in [3.05, 3.63) is 59.9 Å². The molecule has 4 rings (SSSR count). The van der Waals surface area contributed by atoms with E-state index in [1.54, 1.807) is 13.3 Å². The van der Waals surface area contributed by atoms with Crippen molar-refractivity contribution in [2.45, 2.75) is 25.2 Å². The monoisotopic (exact) mass is 387 g/mol. The van der Waals surface area contributed by atoms with Crippen molar-refractivity contribution in [3.8, 4) is 5.75 Å². The predicted molar refractivity (Wildman–Crippen MR) is 104 cm³/mol. The number of benzene rings is 1. The van der Waals surface area contributed by atoms with E-state index in [1.807, 2.05) is 36.4 Å². The summed E-state index contributed by atoms with van der Waals surface area (Å²) in [6.45, 7) is 3.07. The van der Waals surface area contributed by atoms with E-state index in [-0.39, 0.29) is 23.6 Å². The molecule has 2 fully saturated rings. The maximum absolute atomic E-state index is 12.4. The number of sulfone groups is 1. The van der Waals surface area contributed by atoms with Crippen LogP contribution in [-0.2, 0) is 22.9 Å². The Morgan fingerprint density at radius 2 is 1.67 bits per heavy atom. The summed E-state index contributed by atoms with van der Waals surface area (Å²) >= 11 is 0. The smallest absolute Gasteiger partial charge is 0.153 e. The summed E-state index contributed by atoms with van der Waals surface area (Å²) < 4.78 is 30.3. The summed E-state index contributed by atoms with van der Waals surface area (Å²) in [6.07, 6.45) is 1.79. The second kappa shape index (κ2) is 7.58.